The molecule has 0 atom stereocenters. The molecule has 3 heteroatoms. The van der Waals surface area contributed by atoms with Gasteiger partial charge in [-0.15, -0.1) is 0 Å². The van der Waals surface area contributed by atoms with Crippen molar-refractivity contribution in [1.29, 1.82) is 0 Å². The van der Waals surface area contributed by atoms with Gasteiger partial charge in [-0.05, 0) is 11.6 Å². The molecule has 0 saturated carbocycles. The first-order chi connectivity index (χ1) is 11.6. The molecule has 2 aromatic rings. The van der Waals surface area contributed by atoms with Crippen LogP contribution < -0.4 is 0 Å². The summed E-state index contributed by atoms with van der Waals surface area (Å²) in [5.74, 6) is 0.0830. The molecular formula is C21H25NO2. The van der Waals surface area contributed by atoms with E-state index in [9.17, 15) is 4.79 Å². The minimum Gasteiger partial charge on any atom is -0.379 e. The molecule has 1 heterocycles. The molecule has 0 unspecified atom stereocenters. The molecule has 0 bridgehead atoms. The van der Waals surface area contributed by atoms with Gasteiger partial charge < -0.3 is 4.74 Å². The highest BCUT2D eigenvalue weighted by Crippen LogP contribution is 2.26. The summed E-state index contributed by atoms with van der Waals surface area (Å²) in [6.07, 6.45) is 0. The van der Waals surface area contributed by atoms with E-state index in [-0.39, 0.29) is 11.2 Å². The zero-order valence-electron chi connectivity index (χ0n) is 14.5. The Morgan fingerprint density at radius 3 is 2.38 bits per heavy atom. The van der Waals surface area contributed by atoms with Crippen LogP contribution in [0.3, 0.4) is 0 Å². The van der Waals surface area contributed by atoms with Gasteiger partial charge in [-0.2, -0.15) is 0 Å². The smallest absolute Gasteiger partial charge is 0.193 e. The van der Waals surface area contributed by atoms with Gasteiger partial charge in [-0.25, -0.2) is 0 Å². The van der Waals surface area contributed by atoms with Gasteiger partial charge >= 0.3 is 0 Å². The summed E-state index contributed by atoms with van der Waals surface area (Å²) in [4.78, 5) is 15.1. The Kier molecular flexibility index (Phi) is 5.12. The van der Waals surface area contributed by atoms with Crippen molar-refractivity contribution in [3.63, 3.8) is 0 Å². The summed E-state index contributed by atoms with van der Waals surface area (Å²) in [5, 5.41) is 0. The first-order valence-electron chi connectivity index (χ1n) is 8.57. The van der Waals surface area contributed by atoms with E-state index in [1.54, 1.807) is 0 Å². The van der Waals surface area contributed by atoms with E-state index in [0.29, 0.717) is 0 Å². The van der Waals surface area contributed by atoms with E-state index < -0.39 is 0 Å². The minimum atomic E-state index is -0.00961. The molecule has 126 valence electrons. The molecule has 0 radical (unpaired) electrons. The van der Waals surface area contributed by atoms with Crippen molar-refractivity contribution in [2.75, 3.05) is 32.8 Å². The average molecular weight is 323 g/mol. The third kappa shape index (κ3) is 3.92. The number of carbonyl (C=O) groups excluding carboxylic acids is 1. The Hall–Kier alpha value is -1.97. The number of nitrogens with zero attached hydrogens (tertiary/aromatic N) is 1. The van der Waals surface area contributed by atoms with Crippen molar-refractivity contribution in [3.05, 3.63) is 71.3 Å². The maximum atomic E-state index is 12.7. The summed E-state index contributed by atoms with van der Waals surface area (Å²) in [6.45, 7) is 9.03. The zero-order valence-corrected chi connectivity index (χ0v) is 14.5. The molecule has 1 saturated heterocycles. The van der Waals surface area contributed by atoms with E-state index in [0.717, 1.165) is 44.0 Å². The first kappa shape index (κ1) is 16.9. The lowest BCUT2D eigenvalue weighted by molar-refractivity contribution is 0.0295. The first-order valence-corrected chi connectivity index (χ1v) is 8.57. The van der Waals surface area contributed by atoms with Gasteiger partial charge in [0.1, 0.15) is 0 Å². The molecule has 1 fully saturated rings. The molecule has 2 aromatic carbocycles. The molecule has 0 amide bonds. The van der Waals surface area contributed by atoms with E-state index >= 15 is 0 Å². The van der Waals surface area contributed by atoms with Crippen molar-refractivity contribution in [2.24, 2.45) is 0 Å². The standard InChI is InChI=1S/C21H25NO2/c1-21(2,16-22-11-13-24-14-12-22)19-10-6-9-18(15-19)20(23)17-7-4-3-5-8-17/h3-10,15H,11-14,16H2,1-2H3. The fourth-order valence-electron chi connectivity index (χ4n) is 3.25. The average Bonchev–Trinajstić information content (AvgIpc) is 2.62. The van der Waals surface area contributed by atoms with Gasteiger partial charge in [0.25, 0.3) is 0 Å². The summed E-state index contributed by atoms with van der Waals surface area (Å²) < 4.78 is 5.43. The zero-order chi connectivity index (χ0) is 17.0. The van der Waals surface area contributed by atoms with Crippen LogP contribution in [0.1, 0.15) is 35.3 Å². The van der Waals surface area contributed by atoms with Crippen molar-refractivity contribution >= 4 is 5.78 Å². The highest BCUT2D eigenvalue weighted by atomic mass is 16.5. The number of benzene rings is 2. The number of ketones is 1. The molecule has 3 rings (SSSR count). The molecule has 1 aliphatic heterocycles. The number of ether oxygens (including phenoxy) is 1. The molecular weight excluding hydrogens is 298 g/mol. The second-order valence-corrected chi connectivity index (χ2v) is 7.05. The third-order valence-corrected chi connectivity index (χ3v) is 4.66. The van der Waals surface area contributed by atoms with Crippen molar-refractivity contribution < 1.29 is 9.53 Å². The molecule has 0 N–H and O–H groups in total. The van der Waals surface area contributed by atoms with Crippen LogP contribution in [-0.2, 0) is 10.2 Å². The Balaban J connectivity index is 1.80. The van der Waals surface area contributed by atoms with E-state index in [1.807, 2.05) is 42.5 Å². The SMILES string of the molecule is CC(C)(CN1CCOCC1)c1cccc(C(=O)c2ccccc2)c1. The van der Waals surface area contributed by atoms with Crippen LogP contribution in [-0.4, -0.2) is 43.5 Å². The summed E-state index contributed by atoms with van der Waals surface area (Å²) in [7, 11) is 0. The lowest BCUT2D eigenvalue weighted by Crippen LogP contribution is -2.43. The van der Waals surface area contributed by atoms with Crippen LogP contribution in [0, 0.1) is 0 Å². The second kappa shape index (κ2) is 7.29. The van der Waals surface area contributed by atoms with Gasteiger partial charge in [-0.1, -0.05) is 62.4 Å². The maximum Gasteiger partial charge on any atom is 0.193 e. The van der Waals surface area contributed by atoms with Crippen LogP contribution in [0.15, 0.2) is 54.6 Å². The summed E-state index contributed by atoms with van der Waals surface area (Å²) >= 11 is 0. The maximum absolute atomic E-state index is 12.7. The fourth-order valence-corrected chi connectivity index (χ4v) is 3.25. The van der Waals surface area contributed by atoms with Crippen LogP contribution in [0.4, 0.5) is 0 Å². The van der Waals surface area contributed by atoms with E-state index in [2.05, 4.69) is 30.9 Å². The molecule has 3 nitrogen and oxygen atoms in total. The monoisotopic (exact) mass is 323 g/mol. The van der Waals surface area contributed by atoms with Crippen molar-refractivity contribution in [2.45, 2.75) is 19.3 Å². The van der Waals surface area contributed by atoms with Gasteiger partial charge in [0.15, 0.2) is 5.78 Å². The van der Waals surface area contributed by atoms with Gasteiger partial charge in [0, 0.05) is 36.2 Å². The predicted molar refractivity (Wildman–Crippen MR) is 96.6 cm³/mol. The largest absolute Gasteiger partial charge is 0.379 e. The van der Waals surface area contributed by atoms with Crippen LogP contribution in [0.25, 0.3) is 0 Å². The van der Waals surface area contributed by atoms with Crippen molar-refractivity contribution in [1.82, 2.24) is 4.90 Å². The molecule has 24 heavy (non-hydrogen) atoms. The van der Waals surface area contributed by atoms with Crippen LogP contribution in [0.2, 0.25) is 0 Å². The van der Waals surface area contributed by atoms with Gasteiger partial charge in [-0.3, -0.25) is 9.69 Å². The number of hydrogen-bond donors (Lipinski definition) is 0. The van der Waals surface area contributed by atoms with Gasteiger partial charge in [0.05, 0.1) is 13.2 Å². The Labute approximate surface area is 144 Å². The Bertz CT molecular complexity index is 688. The number of carbonyl (C=O) groups is 1. The second-order valence-electron chi connectivity index (χ2n) is 7.05. The molecule has 0 spiro atoms. The Morgan fingerprint density at radius 1 is 1.00 bits per heavy atom. The predicted octanol–water partition coefficient (Wildman–Crippen LogP) is 3.53. The number of morpholine rings is 1. The molecule has 1 aliphatic rings. The van der Waals surface area contributed by atoms with Crippen LogP contribution in [0.5, 0.6) is 0 Å². The quantitative estimate of drug-likeness (QED) is 0.789. The lowest BCUT2D eigenvalue weighted by atomic mass is 9.82. The topological polar surface area (TPSA) is 29.5 Å². The van der Waals surface area contributed by atoms with Crippen LogP contribution >= 0.6 is 0 Å². The van der Waals surface area contributed by atoms with Gasteiger partial charge in [0.2, 0.25) is 0 Å². The van der Waals surface area contributed by atoms with E-state index in [4.69, 9.17) is 4.74 Å². The fraction of sp³-hybridized carbons (Fsp3) is 0.381. The number of hydrogen-bond acceptors (Lipinski definition) is 3. The highest BCUT2D eigenvalue weighted by Gasteiger charge is 2.26. The Morgan fingerprint density at radius 2 is 1.67 bits per heavy atom. The minimum absolute atomic E-state index is 0.00961. The number of rotatable bonds is 5. The third-order valence-electron chi connectivity index (χ3n) is 4.66. The normalized spacial score (nSPS) is 16.1. The van der Waals surface area contributed by atoms with E-state index in [1.165, 1.54) is 5.56 Å². The molecule has 0 aromatic heterocycles. The highest BCUT2D eigenvalue weighted by molar-refractivity contribution is 6.09. The summed E-state index contributed by atoms with van der Waals surface area (Å²) in [6, 6.07) is 17.5. The van der Waals surface area contributed by atoms with Crippen molar-refractivity contribution in [3.8, 4) is 0 Å². The molecule has 0 aliphatic carbocycles. The lowest BCUT2D eigenvalue weighted by Gasteiger charge is -2.35. The summed E-state index contributed by atoms with van der Waals surface area (Å²) in [5.41, 5.74) is 2.69.